The van der Waals surface area contributed by atoms with Gasteiger partial charge >= 0.3 is 0 Å². The van der Waals surface area contributed by atoms with Crippen molar-refractivity contribution in [3.8, 4) is 0 Å². The number of amides is 3. The number of carbonyl (C=O) groups is 3. The van der Waals surface area contributed by atoms with Gasteiger partial charge in [-0.15, -0.1) is 22.0 Å². The minimum Gasteiger partial charge on any atom is -0.321 e. The molecule has 1 heterocycles. The number of thioether (sulfide) groups is 2. The Labute approximate surface area is 263 Å². The van der Waals surface area contributed by atoms with Gasteiger partial charge in [0.05, 0.1) is 10.8 Å². The first-order valence-electron chi connectivity index (χ1n) is 12.6. The molecule has 0 radical (unpaired) electrons. The number of carbonyl (C=O) groups excluding carboxylic acids is 3. The number of aromatic nitrogens is 2. The molecule has 0 spiro atoms. The number of halogens is 2. The van der Waals surface area contributed by atoms with E-state index in [-0.39, 0.29) is 17.2 Å². The predicted molar refractivity (Wildman–Crippen MR) is 171 cm³/mol. The Morgan fingerprint density at radius 3 is 2.40 bits per heavy atom. The summed E-state index contributed by atoms with van der Waals surface area (Å²) in [5.74, 6) is -1.36. The highest BCUT2D eigenvalue weighted by Gasteiger charge is 2.19. The normalized spacial score (nSPS) is 12.0. The molecular weight excluding hydrogens is 661 g/mol. The van der Waals surface area contributed by atoms with E-state index in [0.29, 0.717) is 16.4 Å². The fourth-order valence-corrected chi connectivity index (χ4v) is 6.22. The molecule has 0 aliphatic carbocycles. The quantitative estimate of drug-likeness (QED) is 0.0879. The van der Waals surface area contributed by atoms with E-state index >= 15 is 0 Å². The summed E-state index contributed by atoms with van der Waals surface area (Å²) in [7, 11) is 0. The summed E-state index contributed by atoms with van der Waals surface area (Å²) in [6.45, 7) is 3.81. The van der Waals surface area contributed by atoms with Crippen molar-refractivity contribution in [2.45, 2.75) is 28.3 Å². The largest absolute Gasteiger partial charge is 0.321 e. The zero-order valence-electron chi connectivity index (χ0n) is 22.4. The van der Waals surface area contributed by atoms with Crippen LogP contribution >= 0.6 is 50.8 Å². The molecule has 1 aromatic heterocycles. The van der Waals surface area contributed by atoms with Gasteiger partial charge in [0.25, 0.3) is 11.8 Å². The summed E-state index contributed by atoms with van der Waals surface area (Å²) in [5, 5.41) is 16.2. The summed E-state index contributed by atoms with van der Waals surface area (Å²) in [5.41, 5.74) is 0.882. The third kappa shape index (κ3) is 8.99. The van der Waals surface area contributed by atoms with E-state index in [2.05, 4.69) is 42.1 Å². The van der Waals surface area contributed by atoms with Crippen molar-refractivity contribution in [3.63, 3.8) is 0 Å². The number of anilines is 2. The lowest BCUT2D eigenvalue weighted by molar-refractivity contribution is -0.115. The number of nitrogens with one attached hydrogen (secondary N) is 3. The van der Waals surface area contributed by atoms with Gasteiger partial charge in [0.1, 0.15) is 11.5 Å². The lowest BCUT2D eigenvalue weighted by atomic mass is 10.1. The van der Waals surface area contributed by atoms with Gasteiger partial charge in [0.15, 0.2) is 4.34 Å². The summed E-state index contributed by atoms with van der Waals surface area (Å²) >= 11 is 7.62. The molecule has 4 aromatic rings. The number of rotatable bonds is 11. The highest BCUT2D eigenvalue weighted by molar-refractivity contribution is 9.10. The second kappa shape index (κ2) is 15.1. The first-order chi connectivity index (χ1) is 20.2. The fourth-order valence-electron chi connectivity index (χ4n) is 3.44. The smallest absolute Gasteiger partial charge is 0.272 e. The standard InChI is InChI=1S/C29H25BrFN5O3S3/c1-3-40-29-36-35-28(42-29)34-25(37)17(2)41-21-14-12-20(13-15-21)32-27(39)24(16-18-8-10-19(30)11-9-18)33-26(38)22-6-4-5-7-23(22)31/h4-17H,3H2,1-2H3,(H,32,39)(H,33,38)(H,34,35,37)/b24-16-/t17-/m0/s1. The minimum absolute atomic E-state index is 0.0634. The average Bonchev–Trinajstić information content (AvgIpc) is 3.41. The monoisotopic (exact) mass is 685 g/mol. The number of hydrogen-bond donors (Lipinski definition) is 3. The Hall–Kier alpha value is -3.52. The maximum atomic E-state index is 14.2. The molecule has 0 fully saturated rings. The van der Waals surface area contributed by atoms with Crippen LogP contribution in [-0.2, 0) is 9.59 Å². The van der Waals surface area contributed by atoms with Gasteiger partial charge in [-0.2, -0.15) is 0 Å². The van der Waals surface area contributed by atoms with Gasteiger partial charge in [0.2, 0.25) is 11.0 Å². The molecule has 4 rings (SSSR count). The third-order valence-corrected chi connectivity index (χ3v) is 8.99. The van der Waals surface area contributed by atoms with Crippen LogP contribution in [0.25, 0.3) is 6.08 Å². The van der Waals surface area contributed by atoms with E-state index in [9.17, 15) is 18.8 Å². The maximum absolute atomic E-state index is 14.2. The lowest BCUT2D eigenvalue weighted by Crippen LogP contribution is -2.31. The Bertz CT molecular complexity index is 1600. The second-order valence-corrected chi connectivity index (χ2v) is 13.4. The van der Waals surface area contributed by atoms with E-state index in [1.165, 1.54) is 47.4 Å². The first-order valence-corrected chi connectivity index (χ1v) is 16.1. The van der Waals surface area contributed by atoms with E-state index < -0.39 is 22.9 Å². The lowest BCUT2D eigenvalue weighted by Gasteiger charge is -2.13. The van der Waals surface area contributed by atoms with E-state index in [0.717, 1.165) is 19.5 Å². The second-order valence-electron chi connectivity index (χ2n) is 8.58. The molecule has 13 heteroatoms. The van der Waals surface area contributed by atoms with Gasteiger partial charge in [-0.05, 0) is 72.8 Å². The molecule has 3 amide bonds. The Morgan fingerprint density at radius 2 is 1.71 bits per heavy atom. The number of nitrogens with zero attached hydrogens (tertiary/aromatic N) is 2. The molecule has 8 nitrogen and oxygen atoms in total. The summed E-state index contributed by atoms with van der Waals surface area (Å²) in [4.78, 5) is 39.5. The zero-order valence-corrected chi connectivity index (χ0v) is 26.4. The molecule has 0 saturated heterocycles. The van der Waals surface area contributed by atoms with Crippen molar-refractivity contribution < 1.29 is 18.8 Å². The molecule has 216 valence electrons. The van der Waals surface area contributed by atoms with Gasteiger partial charge in [-0.3, -0.25) is 19.7 Å². The van der Waals surface area contributed by atoms with Crippen molar-refractivity contribution >= 4 is 85.4 Å². The van der Waals surface area contributed by atoms with Crippen molar-refractivity contribution in [2.75, 3.05) is 16.4 Å². The van der Waals surface area contributed by atoms with Gasteiger partial charge in [0, 0.05) is 15.1 Å². The number of benzene rings is 3. The van der Waals surface area contributed by atoms with Crippen molar-refractivity contribution in [1.82, 2.24) is 15.5 Å². The van der Waals surface area contributed by atoms with Crippen LogP contribution in [0.5, 0.6) is 0 Å². The molecule has 0 aliphatic rings. The van der Waals surface area contributed by atoms with Crippen LogP contribution in [0.2, 0.25) is 0 Å². The maximum Gasteiger partial charge on any atom is 0.272 e. The molecule has 3 aromatic carbocycles. The highest BCUT2D eigenvalue weighted by Crippen LogP contribution is 2.28. The van der Waals surface area contributed by atoms with Crippen molar-refractivity contribution in [3.05, 3.63) is 99.9 Å². The van der Waals surface area contributed by atoms with E-state index in [1.807, 2.05) is 6.92 Å². The minimum atomic E-state index is -0.750. The van der Waals surface area contributed by atoms with Crippen molar-refractivity contribution in [1.29, 1.82) is 0 Å². The van der Waals surface area contributed by atoms with Crippen LogP contribution in [0.4, 0.5) is 15.2 Å². The summed E-state index contributed by atoms with van der Waals surface area (Å²) in [6.07, 6.45) is 1.51. The van der Waals surface area contributed by atoms with Crippen molar-refractivity contribution in [2.24, 2.45) is 0 Å². The summed E-state index contributed by atoms with van der Waals surface area (Å²) in [6, 6.07) is 19.6. The molecule has 0 bridgehead atoms. The van der Waals surface area contributed by atoms with Gasteiger partial charge in [-0.1, -0.05) is 70.2 Å². The Balaban J connectivity index is 1.42. The molecular formula is C29H25BrFN5O3S3. The highest BCUT2D eigenvalue weighted by atomic mass is 79.9. The van der Waals surface area contributed by atoms with E-state index in [4.69, 9.17) is 0 Å². The molecule has 42 heavy (non-hydrogen) atoms. The van der Waals surface area contributed by atoms with Gasteiger partial charge in [-0.25, -0.2) is 4.39 Å². The van der Waals surface area contributed by atoms with Gasteiger partial charge < -0.3 is 10.6 Å². The van der Waals surface area contributed by atoms with E-state index in [1.54, 1.807) is 73.3 Å². The Morgan fingerprint density at radius 1 is 1.00 bits per heavy atom. The topological polar surface area (TPSA) is 113 Å². The molecule has 0 saturated carbocycles. The third-order valence-electron chi connectivity index (χ3n) is 5.49. The SMILES string of the molecule is CCSc1nnc(NC(=O)[C@H](C)Sc2ccc(NC(=O)/C(=C/c3ccc(Br)cc3)NC(=O)c3ccccc3F)cc2)s1. The van der Waals surface area contributed by atoms with Crippen LogP contribution in [0, 0.1) is 5.82 Å². The van der Waals surface area contributed by atoms with Crippen LogP contribution in [0.3, 0.4) is 0 Å². The molecule has 3 N–H and O–H groups in total. The average molecular weight is 687 g/mol. The van der Waals surface area contributed by atoms with Crippen LogP contribution in [0.15, 0.2) is 92.2 Å². The summed E-state index contributed by atoms with van der Waals surface area (Å²) < 4.78 is 15.9. The van der Waals surface area contributed by atoms with Crippen LogP contribution in [0.1, 0.15) is 29.8 Å². The zero-order chi connectivity index (χ0) is 30.1. The molecule has 1 atom stereocenters. The van der Waals surface area contributed by atoms with Crippen LogP contribution < -0.4 is 16.0 Å². The Kier molecular flexibility index (Phi) is 11.3. The van der Waals surface area contributed by atoms with Crippen LogP contribution in [-0.4, -0.2) is 38.9 Å². The fraction of sp³-hybridized carbons (Fsp3) is 0.138. The predicted octanol–water partition coefficient (Wildman–Crippen LogP) is 7.08. The number of hydrogen-bond acceptors (Lipinski definition) is 8. The molecule has 0 unspecified atom stereocenters. The molecule has 0 aliphatic heterocycles. The first kappa shape index (κ1) is 31.4.